The number of hydrogen-bond acceptors (Lipinski definition) is 0. The van der Waals surface area contributed by atoms with Crippen molar-refractivity contribution >= 4 is 0 Å². The fraction of sp³-hybridized carbons (Fsp3) is 0.222. The topological polar surface area (TPSA) is 0 Å². The van der Waals surface area contributed by atoms with Crippen LogP contribution in [0.4, 0.5) is 0 Å². The van der Waals surface area contributed by atoms with Crippen LogP contribution in [-0.4, -0.2) is 0 Å². The van der Waals surface area contributed by atoms with E-state index in [1.54, 1.807) is 0 Å². The van der Waals surface area contributed by atoms with Gasteiger partial charge in [-0.2, -0.15) is 0 Å². The molecule has 0 aliphatic rings. The third kappa shape index (κ3) is 3.89. The highest BCUT2D eigenvalue weighted by atomic mass is 14.0. The monoisotopic (exact) mass is 236 g/mol. The van der Waals surface area contributed by atoms with Crippen LogP contribution in [0.5, 0.6) is 0 Å². The number of hydrogen-bond donors (Lipinski definition) is 0. The summed E-state index contributed by atoms with van der Waals surface area (Å²) in [4.78, 5) is 0. The van der Waals surface area contributed by atoms with Gasteiger partial charge in [0.2, 0.25) is 0 Å². The van der Waals surface area contributed by atoms with E-state index in [0.29, 0.717) is 5.92 Å². The van der Waals surface area contributed by atoms with E-state index < -0.39 is 0 Å². The molecule has 0 aliphatic heterocycles. The first-order valence-corrected chi connectivity index (χ1v) is 6.62. The summed E-state index contributed by atoms with van der Waals surface area (Å²) < 4.78 is 0. The van der Waals surface area contributed by atoms with Gasteiger partial charge in [0.15, 0.2) is 0 Å². The molecule has 0 amide bonds. The summed E-state index contributed by atoms with van der Waals surface area (Å²) in [5.41, 5.74) is 2.79. The van der Waals surface area contributed by atoms with E-state index in [2.05, 4.69) is 79.7 Å². The maximum absolute atomic E-state index is 2.30. The Balaban J connectivity index is 1.82. The molecule has 0 radical (unpaired) electrons. The summed E-state index contributed by atoms with van der Waals surface area (Å²) in [6.07, 6.45) is 6.84. The lowest BCUT2D eigenvalue weighted by atomic mass is 10.00. The third-order valence-electron chi connectivity index (χ3n) is 3.19. The van der Waals surface area contributed by atoms with Crippen molar-refractivity contribution < 1.29 is 0 Å². The molecule has 2 rings (SSSR count). The predicted molar refractivity (Wildman–Crippen MR) is 78.8 cm³/mol. The van der Waals surface area contributed by atoms with Crippen LogP contribution < -0.4 is 0 Å². The van der Waals surface area contributed by atoms with Crippen molar-refractivity contribution in [1.82, 2.24) is 0 Å². The highest BCUT2D eigenvalue weighted by molar-refractivity contribution is 5.23. The Morgan fingerprint density at radius 1 is 0.889 bits per heavy atom. The van der Waals surface area contributed by atoms with Crippen molar-refractivity contribution in [3.63, 3.8) is 0 Å². The van der Waals surface area contributed by atoms with E-state index in [9.17, 15) is 0 Å². The quantitative estimate of drug-likeness (QED) is 0.642. The van der Waals surface area contributed by atoms with E-state index in [1.807, 2.05) is 0 Å². The van der Waals surface area contributed by atoms with Gasteiger partial charge in [0.1, 0.15) is 0 Å². The molecule has 0 N–H and O–H groups in total. The Hall–Kier alpha value is -1.82. The zero-order valence-electron chi connectivity index (χ0n) is 10.9. The maximum Gasteiger partial charge on any atom is -0.00104 e. The first kappa shape index (κ1) is 12.6. The van der Waals surface area contributed by atoms with Crippen molar-refractivity contribution in [2.24, 2.45) is 0 Å². The molecule has 0 saturated carbocycles. The highest BCUT2D eigenvalue weighted by Gasteiger charge is 1.98. The summed E-state index contributed by atoms with van der Waals surface area (Å²) in [5.74, 6) is 0.502. The lowest BCUT2D eigenvalue weighted by Gasteiger charge is -2.05. The Morgan fingerprint density at radius 3 is 2.17 bits per heavy atom. The zero-order valence-corrected chi connectivity index (χ0v) is 10.9. The van der Waals surface area contributed by atoms with Gasteiger partial charge in [-0.3, -0.25) is 0 Å². The molecule has 0 spiro atoms. The van der Waals surface area contributed by atoms with E-state index in [0.717, 1.165) is 12.8 Å². The summed E-state index contributed by atoms with van der Waals surface area (Å²) in [5, 5.41) is 0. The fourth-order valence-corrected chi connectivity index (χ4v) is 2.06. The van der Waals surface area contributed by atoms with Gasteiger partial charge in [-0.15, -0.1) is 0 Å². The molecule has 92 valence electrons. The number of benzene rings is 2. The smallest absolute Gasteiger partial charge is 0.00104 e. The van der Waals surface area contributed by atoms with Crippen LogP contribution in [0.15, 0.2) is 72.8 Å². The predicted octanol–water partition coefficient (Wildman–Crippen LogP) is 4.98. The second-order valence-electron chi connectivity index (χ2n) is 4.65. The molecule has 0 aromatic heterocycles. The molecule has 0 nitrogen and oxygen atoms in total. The van der Waals surface area contributed by atoms with E-state index in [1.165, 1.54) is 11.1 Å². The van der Waals surface area contributed by atoms with Crippen molar-refractivity contribution in [2.45, 2.75) is 25.7 Å². The molecule has 18 heavy (non-hydrogen) atoms. The minimum atomic E-state index is 0.502. The van der Waals surface area contributed by atoms with Crippen LogP contribution in [0.3, 0.4) is 0 Å². The standard InChI is InChI=1S/C18H20/c1-16(18-14-6-3-7-15-18)10-8-9-13-17-11-4-2-5-12-17/h2-8,10-12,14-16H,9,13H2,1H3/b10-8-. The van der Waals surface area contributed by atoms with Crippen molar-refractivity contribution in [3.8, 4) is 0 Å². The first-order chi connectivity index (χ1) is 8.86. The molecule has 0 heterocycles. The van der Waals surface area contributed by atoms with E-state index in [-0.39, 0.29) is 0 Å². The van der Waals surface area contributed by atoms with Gasteiger partial charge in [-0.25, -0.2) is 0 Å². The number of aryl methyl sites for hydroxylation is 1. The van der Waals surface area contributed by atoms with Gasteiger partial charge in [0, 0.05) is 0 Å². The minimum Gasteiger partial charge on any atom is -0.0876 e. The molecule has 2 aromatic rings. The molecular weight excluding hydrogens is 216 g/mol. The summed E-state index contributed by atoms with van der Waals surface area (Å²) in [6.45, 7) is 2.24. The van der Waals surface area contributed by atoms with Crippen LogP contribution in [0.25, 0.3) is 0 Å². The van der Waals surface area contributed by atoms with Crippen LogP contribution in [0.2, 0.25) is 0 Å². The molecule has 0 saturated heterocycles. The molecular formula is C18H20. The normalized spacial score (nSPS) is 12.7. The lowest BCUT2D eigenvalue weighted by molar-refractivity contribution is 0.935. The van der Waals surface area contributed by atoms with Gasteiger partial charge in [0.05, 0.1) is 0 Å². The molecule has 1 atom stereocenters. The number of rotatable bonds is 5. The van der Waals surface area contributed by atoms with Crippen LogP contribution in [0, 0.1) is 0 Å². The van der Waals surface area contributed by atoms with E-state index in [4.69, 9.17) is 0 Å². The fourth-order valence-electron chi connectivity index (χ4n) is 2.06. The second-order valence-corrected chi connectivity index (χ2v) is 4.65. The molecule has 1 unspecified atom stereocenters. The summed E-state index contributed by atoms with van der Waals surface area (Å²) in [6, 6.07) is 21.3. The Kier molecular flexibility index (Phi) is 4.78. The second kappa shape index (κ2) is 6.80. The SMILES string of the molecule is CC(/C=C\CCc1ccccc1)c1ccccc1. The molecule has 2 aromatic carbocycles. The highest BCUT2D eigenvalue weighted by Crippen LogP contribution is 2.16. The lowest BCUT2D eigenvalue weighted by Crippen LogP contribution is -1.88. The van der Waals surface area contributed by atoms with Crippen LogP contribution in [-0.2, 0) is 6.42 Å². The van der Waals surface area contributed by atoms with Gasteiger partial charge < -0.3 is 0 Å². The van der Waals surface area contributed by atoms with Crippen molar-refractivity contribution in [2.75, 3.05) is 0 Å². The van der Waals surface area contributed by atoms with Gasteiger partial charge in [-0.05, 0) is 29.9 Å². The van der Waals surface area contributed by atoms with Crippen molar-refractivity contribution in [3.05, 3.63) is 83.9 Å². The average molecular weight is 236 g/mol. The van der Waals surface area contributed by atoms with Gasteiger partial charge in [0.25, 0.3) is 0 Å². The summed E-state index contributed by atoms with van der Waals surface area (Å²) in [7, 11) is 0. The zero-order chi connectivity index (χ0) is 12.6. The molecule has 0 heteroatoms. The van der Waals surface area contributed by atoms with Crippen LogP contribution >= 0.6 is 0 Å². The van der Waals surface area contributed by atoms with Crippen molar-refractivity contribution in [1.29, 1.82) is 0 Å². The minimum absolute atomic E-state index is 0.502. The van der Waals surface area contributed by atoms with E-state index >= 15 is 0 Å². The molecule has 0 fully saturated rings. The van der Waals surface area contributed by atoms with Crippen LogP contribution in [0.1, 0.15) is 30.4 Å². The maximum atomic E-state index is 2.30. The largest absolute Gasteiger partial charge is 0.0876 e. The molecule has 0 bridgehead atoms. The van der Waals surface area contributed by atoms with Gasteiger partial charge in [-0.1, -0.05) is 79.7 Å². The Morgan fingerprint density at radius 2 is 1.50 bits per heavy atom. The molecule has 0 aliphatic carbocycles. The Bertz CT molecular complexity index is 468. The third-order valence-corrected chi connectivity index (χ3v) is 3.19. The Labute approximate surface area is 110 Å². The summed E-state index contributed by atoms with van der Waals surface area (Å²) >= 11 is 0. The average Bonchev–Trinajstić information content (AvgIpc) is 2.45. The van der Waals surface area contributed by atoms with Gasteiger partial charge >= 0.3 is 0 Å². The number of allylic oxidation sites excluding steroid dienone is 2. The first-order valence-electron chi connectivity index (χ1n) is 6.62.